The van der Waals surface area contributed by atoms with Crippen molar-refractivity contribution >= 4 is 23.2 Å². The normalized spacial score (nSPS) is 10.7. The minimum absolute atomic E-state index is 0.218. The van der Waals surface area contributed by atoms with Crippen LogP contribution in [-0.4, -0.2) is 0 Å². The van der Waals surface area contributed by atoms with Gasteiger partial charge in [-0.05, 0) is 47.5 Å². The van der Waals surface area contributed by atoms with Gasteiger partial charge in [0.05, 0.1) is 0 Å². The fraction of sp³-hybridized carbons (Fsp3) is 0.143. The molecular weight excluding hydrogens is 372 g/mol. The van der Waals surface area contributed by atoms with Crippen molar-refractivity contribution in [2.45, 2.75) is 19.7 Å². The van der Waals surface area contributed by atoms with Crippen molar-refractivity contribution in [2.75, 3.05) is 0 Å². The van der Waals surface area contributed by atoms with Crippen LogP contribution in [0.25, 0.3) is 0 Å². The minimum atomic E-state index is -0.218. The summed E-state index contributed by atoms with van der Waals surface area (Å²) in [7, 11) is 0. The van der Waals surface area contributed by atoms with Crippen LogP contribution in [0, 0.1) is 5.82 Å². The van der Waals surface area contributed by atoms with Crippen LogP contribution in [-0.2, 0) is 19.7 Å². The first-order valence-electron chi connectivity index (χ1n) is 8.21. The lowest BCUT2D eigenvalue weighted by Gasteiger charge is -2.09. The Hall–Kier alpha value is -2.07. The molecule has 134 valence electrons. The van der Waals surface area contributed by atoms with Gasteiger partial charge in [0.2, 0.25) is 0 Å². The second-order valence-electron chi connectivity index (χ2n) is 5.90. The van der Waals surface area contributed by atoms with Gasteiger partial charge in [0.1, 0.15) is 18.2 Å². The van der Waals surface area contributed by atoms with Crippen LogP contribution in [0.15, 0.2) is 66.7 Å². The number of hydrogen-bond donors (Lipinski definition) is 1. The smallest absolute Gasteiger partial charge is 0.123 e. The average molecular weight is 390 g/mol. The second kappa shape index (κ2) is 9.04. The quantitative estimate of drug-likeness (QED) is 0.534. The van der Waals surface area contributed by atoms with Crippen molar-refractivity contribution in [1.82, 2.24) is 5.32 Å². The summed E-state index contributed by atoms with van der Waals surface area (Å²) in [5.41, 5.74) is 3.08. The van der Waals surface area contributed by atoms with E-state index in [0.717, 1.165) is 29.0 Å². The topological polar surface area (TPSA) is 21.3 Å². The fourth-order valence-corrected chi connectivity index (χ4v) is 2.92. The largest absolute Gasteiger partial charge is 0.489 e. The van der Waals surface area contributed by atoms with Crippen LogP contribution >= 0.6 is 23.2 Å². The standard InChI is InChI=1S/C21H18Cl2FNO/c22-18-6-5-17(21(23)11-18)14-26-20-9-3-16(4-10-20)13-25-12-15-1-7-19(24)8-2-15/h1-11,25H,12-14H2. The minimum Gasteiger partial charge on any atom is -0.489 e. The van der Waals surface area contributed by atoms with Crippen molar-refractivity contribution in [1.29, 1.82) is 0 Å². The summed E-state index contributed by atoms with van der Waals surface area (Å²) in [6.45, 7) is 1.80. The first kappa shape index (κ1) is 18.7. The maximum Gasteiger partial charge on any atom is 0.123 e. The molecule has 0 unspecified atom stereocenters. The SMILES string of the molecule is Fc1ccc(CNCc2ccc(OCc3ccc(Cl)cc3Cl)cc2)cc1. The van der Waals surface area contributed by atoms with E-state index in [1.807, 2.05) is 30.3 Å². The zero-order chi connectivity index (χ0) is 18.4. The van der Waals surface area contributed by atoms with Crippen LogP contribution < -0.4 is 10.1 Å². The number of nitrogens with one attached hydrogen (secondary N) is 1. The van der Waals surface area contributed by atoms with Gasteiger partial charge in [0, 0.05) is 28.7 Å². The molecule has 5 heteroatoms. The maximum absolute atomic E-state index is 12.9. The molecule has 0 amide bonds. The Bertz CT molecular complexity index is 851. The lowest BCUT2D eigenvalue weighted by atomic mass is 10.2. The highest BCUT2D eigenvalue weighted by Gasteiger charge is 2.03. The molecule has 3 aromatic rings. The Morgan fingerprint density at radius 1 is 0.808 bits per heavy atom. The Morgan fingerprint density at radius 3 is 2.04 bits per heavy atom. The summed E-state index contributed by atoms with van der Waals surface area (Å²) in [4.78, 5) is 0. The summed E-state index contributed by atoms with van der Waals surface area (Å²) in [5.74, 6) is 0.558. The molecule has 3 aromatic carbocycles. The van der Waals surface area contributed by atoms with E-state index in [0.29, 0.717) is 23.2 Å². The highest BCUT2D eigenvalue weighted by Crippen LogP contribution is 2.23. The molecule has 1 N–H and O–H groups in total. The summed E-state index contributed by atoms with van der Waals surface area (Å²) < 4.78 is 18.6. The third-order valence-corrected chi connectivity index (χ3v) is 4.49. The van der Waals surface area contributed by atoms with E-state index in [-0.39, 0.29) is 5.82 Å². The van der Waals surface area contributed by atoms with E-state index in [2.05, 4.69) is 5.32 Å². The fourth-order valence-electron chi connectivity index (χ4n) is 2.46. The van der Waals surface area contributed by atoms with Gasteiger partial charge in [0.15, 0.2) is 0 Å². The van der Waals surface area contributed by atoms with Gasteiger partial charge in [-0.3, -0.25) is 0 Å². The van der Waals surface area contributed by atoms with E-state index >= 15 is 0 Å². The number of ether oxygens (including phenoxy) is 1. The third kappa shape index (κ3) is 5.46. The summed E-state index contributed by atoms with van der Waals surface area (Å²) in [5, 5.41) is 4.54. The molecule has 0 bridgehead atoms. The molecule has 0 aliphatic heterocycles. The van der Waals surface area contributed by atoms with Crippen LogP contribution in [0.2, 0.25) is 10.0 Å². The Morgan fingerprint density at radius 2 is 1.42 bits per heavy atom. The van der Waals surface area contributed by atoms with E-state index in [4.69, 9.17) is 27.9 Å². The van der Waals surface area contributed by atoms with Crippen LogP contribution in [0.5, 0.6) is 5.75 Å². The third-order valence-electron chi connectivity index (χ3n) is 3.90. The van der Waals surface area contributed by atoms with Crippen molar-refractivity contribution in [3.05, 3.63) is 99.3 Å². The van der Waals surface area contributed by atoms with Crippen molar-refractivity contribution in [3.63, 3.8) is 0 Å². The molecule has 0 fully saturated rings. The van der Waals surface area contributed by atoms with E-state index in [1.165, 1.54) is 12.1 Å². The van der Waals surface area contributed by atoms with Gasteiger partial charge < -0.3 is 10.1 Å². The molecular formula is C21H18Cl2FNO. The van der Waals surface area contributed by atoms with Crippen molar-refractivity contribution in [3.8, 4) is 5.75 Å². The van der Waals surface area contributed by atoms with Gasteiger partial charge in [-0.25, -0.2) is 4.39 Å². The van der Waals surface area contributed by atoms with Crippen LogP contribution in [0.4, 0.5) is 4.39 Å². The molecule has 0 radical (unpaired) electrons. The molecule has 0 atom stereocenters. The van der Waals surface area contributed by atoms with Crippen molar-refractivity contribution in [2.24, 2.45) is 0 Å². The van der Waals surface area contributed by atoms with Gasteiger partial charge in [-0.1, -0.05) is 53.5 Å². The van der Waals surface area contributed by atoms with E-state index in [1.54, 1.807) is 24.3 Å². The number of hydrogen-bond acceptors (Lipinski definition) is 2. The van der Waals surface area contributed by atoms with Crippen molar-refractivity contribution < 1.29 is 9.13 Å². The Labute approximate surface area is 162 Å². The molecule has 0 aliphatic rings. The molecule has 3 rings (SSSR count). The van der Waals surface area contributed by atoms with Gasteiger partial charge in [0.25, 0.3) is 0 Å². The maximum atomic E-state index is 12.9. The summed E-state index contributed by atoms with van der Waals surface area (Å²) >= 11 is 12.0. The molecule has 0 saturated heterocycles. The second-order valence-corrected chi connectivity index (χ2v) is 6.74. The number of rotatable bonds is 7. The summed E-state index contributed by atoms with van der Waals surface area (Å²) in [6, 6.07) is 19.7. The molecule has 0 aliphatic carbocycles. The molecule has 26 heavy (non-hydrogen) atoms. The molecule has 0 aromatic heterocycles. The Balaban J connectivity index is 1.47. The van der Waals surface area contributed by atoms with Gasteiger partial charge >= 0.3 is 0 Å². The van der Waals surface area contributed by atoms with Crippen LogP contribution in [0.3, 0.4) is 0 Å². The van der Waals surface area contributed by atoms with Crippen LogP contribution in [0.1, 0.15) is 16.7 Å². The van der Waals surface area contributed by atoms with E-state index < -0.39 is 0 Å². The molecule has 2 nitrogen and oxygen atoms in total. The van der Waals surface area contributed by atoms with Gasteiger partial charge in [-0.2, -0.15) is 0 Å². The monoisotopic (exact) mass is 389 g/mol. The highest BCUT2D eigenvalue weighted by molar-refractivity contribution is 6.35. The molecule has 0 saturated carbocycles. The van der Waals surface area contributed by atoms with Gasteiger partial charge in [-0.15, -0.1) is 0 Å². The Kier molecular flexibility index (Phi) is 6.51. The average Bonchev–Trinajstić information content (AvgIpc) is 2.64. The lowest BCUT2D eigenvalue weighted by Crippen LogP contribution is -2.12. The number of halogens is 3. The zero-order valence-electron chi connectivity index (χ0n) is 14.0. The molecule has 0 heterocycles. The predicted molar refractivity (Wildman–Crippen MR) is 104 cm³/mol. The predicted octanol–water partition coefficient (Wildman–Crippen LogP) is 6.00. The van der Waals surface area contributed by atoms with E-state index in [9.17, 15) is 4.39 Å². The summed E-state index contributed by atoms with van der Waals surface area (Å²) in [6.07, 6.45) is 0. The number of benzene rings is 3. The lowest BCUT2D eigenvalue weighted by molar-refractivity contribution is 0.306. The first-order valence-corrected chi connectivity index (χ1v) is 8.96. The first-order chi connectivity index (χ1) is 12.6. The highest BCUT2D eigenvalue weighted by atomic mass is 35.5. The molecule has 0 spiro atoms. The zero-order valence-corrected chi connectivity index (χ0v) is 15.5.